The van der Waals surface area contributed by atoms with Gasteiger partial charge in [-0.1, -0.05) is 17.7 Å². The number of hydrogen-bond donors (Lipinski definition) is 1. The molecule has 2 aliphatic heterocycles. The van der Waals surface area contributed by atoms with Crippen LogP contribution in [0.25, 0.3) is 0 Å². The summed E-state index contributed by atoms with van der Waals surface area (Å²) in [4.78, 5) is 27.2. The molecule has 2 heterocycles. The molecule has 20 heavy (non-hydrogen) atoms. The van der Waals surface area contributed by atoms with E-state index in [1.165, 1.54) is 11.0 Å². The number of hydrogen-bond acceptors (Lipinski definition) is 3. The van der Waals surface area contributed by atoms with Gasteiger partial charge in [0, 0.05) is 12.6 Å². The van der Waals surface area contributed by atoms with Crippen molar-refractivity contribution in [2.24, 2.45) is 0 Å². The number of nitrogens with zero attached hydrogens (tertiary/aromatic N) is 2. The third kappa shape index (κ3) is 1.78. The molecular weight excluding hydrogens is 280 g/mol. The van der Waals surface area contributed by atoms with Gasteiger partial charge >= 0.3 is 6.03 Å². The van der Waals surface area contributed by atoms with Crippen LogP contribution in [0, 0.1) is 6.92 Å². The van der Waals surface area contributed by atoms with E-state index in [0.717, 1.165) is 17.7 Å². The summed E-state index contributed by atoms with van der Waals surface area (Å²) < 4.78 is 0. The fraction of sp³-hybridized carbons (Fsp3) is 0.286. The summed E-state index contributed by atoms with van der Waals surface area (Å²) in [5.74, 6) is -0.385. The van der Waals surface area contributed by atoms with Crippen molar-refractivity contribution in [3.05, 3.63) is 34.5 Å². The van der Waals surface area contributed by atoms with E-state index in [9.17, 15) is 14.7 Å². The third-order valence-electron chi connectivity index (χ3n) is 3.57. The number of imide groups is 1. The Morgan fingerprint density at radius 2 is 2.05 bits per heavy atom. The first-order chi connectivity index (χ1) is 9.50. The molecule has 0 bridgehead atoms. The number of allylic oxidation sites excluding steroid dienone is 1. The average Bonchev–Trinajstić information content (AvgIpc) is 2.68. The molecule has 0 unspecified atom stereocenters. The number of anilines is 1. The number of fused-ring (bicyclic) bond motifs is 1. The summed E-state index contributed by atoms with van der Waals surface area (Å²) in [6.07, 6.45) is 3.39. The zero-order chi connectivity index (χ0) is 14.4. The van der Waals surface area contributed by atoms with E-state index in [1.54, 1.807) is 19.1 Å². The largest absolute Gasteiger partial charge is 0.508 e. The highest BCUT2D eigenvalue weighted by Gasteiger charge is 2.43. The predicted molar refractivity (Wildman–Crippen MR) is 74.8 cm³/mol. The van der Waals surface area contributed by atoms with Gasteiger partial charge in [-0.2, -0.15) is 0 Å². The number of phenols is 1. The lowest BCUT2D eigenvalue weighted by molar-refractivity contribution is -0.114. The number of halogens is 1. The molecule has 2 aliphatic rings. The quantitative estimate of drug-likeness (QED) is 0.810. The summed E-state index contributed by atoms with van der Waals surface area (Å²) >= 11 is 6.11. The zero-order valence-electron chi connectivity index (χ0n) is 10.9. The number of aromatic hydroxyl groups is 1. The van der Waals surface area contributed by atoms with E-state index in [0.29, 0.717) is 17.8 Å². The second-order valence-corrected chi connectivity index (χ2v) is 5.30. The van der Waals surface area contributed by atoms with Gasteiger partial charge in [0.25, 0.3) is 5.91 Å². The molecule has 1 aromatic rings. The number of aryl methyl sites for hydroxylation is 1. The molecule has 0 radical (unpaired) electrons. The number of carbonyl (C=O) groups excluding carboxylic acids is 2. The number of phenolic OH excluding ortho intramolecular Hbond substituents is 1. The number of carbonyl (C=O) groups is 2. The summed E-state index contributed by atoms with van der Waals surface area (Å²) in [6.45, 7) is 2.23. The molecule has 1 aromatic carbocycles. The summed E-state index contributed by atoms with van der Waals surface area (Å²) in [5, 5.41) is 10.0. The van der Waals surface area contributed by atoms with Crippen molar-refractivity contribution in [2.75, 3.05) is 11.4 Å². The summed E-state index contributed by atoms with van der Waals surface area (Å²) in [7, 11) is 0. The molecule has 0 spiro atoms. The normalized spacial score (nSPS) is 18.4. The summed E-state index contributed by atoms with van der Waals surface area (Å²) in [6, 6.07) is 2.48. The Morgan fingerprint density at radius 3 is 2.75 bits per heavy atom. The van der Waals surface area contributed by atoms with Crippen LogP contribution < -0.4 is 4.90 Å². The molecule has 0 saturated carbocycles. The van der Waals surface area contributed by atoms with Crippen LogP contribution in [0.15, 0.2) is 23.9 Å². The highest BCUT2D eigenvalue weighted by atomic mass is 35.5. The molecule has 5 nitrogen and oxygen atoms in total. The van der Waals surface area contributed by atoms with Crippen LogP contribution in [0.1, 0.15) is 18.4 Å². The molecule has 1 N–H and O–H groups in total. The molecule has 0 aromatic heterocycles. The van der Waals surface area contributed by atoms with Gasteiger partial charge in [0.2, 0.25) is 0 Å². The monoisotopic (exact) mass is 292 g/mol. The van der Waals surface area contributed by atoms with Gasteiger partial charge in [-0.05, 0) is 31.4 Å². The Morgan fingerprint density at radius 1 is 1.30 bits per heavy atom. The molecule has 6 heteroatoms. The molecule has 0 atom stereocenters. The Labute approximate surface area is 121 Å². The van der Waals surface area contributed by atoms with E-state index in [4.69, 9.17) is 11.6 Å². The van der Waals surface area contributed by atoms with Crippen molar-refractivity contribution in [3.8, 4) is 5.75 Å². The molecule has 3 rings (SSSR count). The van der Waals surface area contributed by atoms with Crippen molar-refractivity contribution >= 4 is 29.2 Å². The minimum Gasteiger partial charge on any atom is -0.508 e. The number of benzene rings is 1. The minimum absolute atomic E-state index is 0.00357. The standard InChI is InChI=1S/C14H13ClN2O3/c1-8-6-9(15)11(7-12(8)18)17-13(19)10-4-2-3-5-16(10)14(17)20/h4,6-7,18H,2-3,5H2,1H3. The fourth-order valence-corrected chi connectivity index (χ4v) is 2.78. The molecular formula is C14H13ClN2O3. The molecule has 1 saturated heterocycles. The first kappa shape index (κ1) is 13.0. The van der Waals surface area contributed by atoms with Crippen LogP contribution in [0.4, 0.5) is 10.5 Å². The number of urea groups is 1. The lowest BCUT2D eigenvalue weighted by Crippen LogP contribution is -2.33. The van der Waals surface area contributed by atoms with Crippen LogP contribution in [0.5, 0.6) is 5.75 Å². The first-order valence-corrected chi connectivity index (χ1v) is 6.73. The second kappa shape index (κ2) is 4.52. The Bertz CT molecular complexity index is 654. The van der Waals surface area contributed by atoms with Gasteiger partial charge in [-0.25, -0.2) is 9.69 Å². The highest BCUT2D eigenvalue weighted by molar-refractivity contribution is 6.37. The van der Waals surface area contributed by atoms with E-state index in [2.05, 4.69) is 0 Å². The van der Waals surface area contributed by atoms with Crippen molar-refractivity contribution in [3.63, 3.8) is 0 Å². The van der Waals surface area contributed by atoms with Crippen LogP contribution in [-0.2, 0) is 4.79 Å². The Hall–Kier alpha value is -2.01. The van der Waals surface area contributed by atoms with Gasteiger partial charge in [-0.3, -0.25) is 9.69 Å². The lowest BCUT2D eigenvalue weighted by atomic mass is 10.1. The first-order valence-electron chi connectivity index (χ1n) is 6.36. The van der Waals surface area contributed by atoms with E-state index >= 15 is 0 Å². The van der Waals surface area contributed by atoms with Gasteiger partial charge in [0.15, 0.2) is 0 Å². The van der Waals surface area contributed by atoms with Gasteiger partial charge < -0.3 is 5.11 Å². The third-order valence-corrected chi connectivity index (χ3v) is 3.87. The molecule has 3 amide bonds. The Kier molecular flexibility index (Phi) is 2.94. The van der Waals surface area contributed by atoms with Crippen molar-refractivity contribution in [1.82, 2.24) is 4.90 Å². The van der Waals surface area contributed by atoms with Crippen LogP contribution in [0.2, 0.25) is 5.02 Å². The predicted octanol–water partition coefficient (Wildman–Crippen LogP) is 2.80. The minimum atomic E-state index is -0.411. The lowest BCUT2D eigenvalue weighted by Gasteiger charge is -2.19. The van der Waals surface area contributed by atoms with Gasteiger partial charge in [-0.15, -0.1) is 0 Å². The van der Waals surface area contributed by atoms with Crippen LogP contribution >= 0.6 is 11.6 Å². The summed E-state index contributed by atoms with van der Waals surface area (Å²) in [5.41, 5.74) is 1.22. The fourth-order valence-electron chi connectivity index (χ4n) is 2.48. The SMILES string of the molecule is Cc1cc(Cl)c(N2C(=O)C3=CCCCN3C2=O)cc1O. The van der Waals surface area contributed by atoms with Crippen molar-refractivity contribution < 1.29 is 14.7 Å². The number of rotatable bonds is 1. The molecule has 104 valence electrons. The number of amides is 3. The van der Waals surface area contributed by atoms with Gasteiger partial charge in [0.05, 0.1) is 10.7 Å². The zero-order valence-corrected chi connectivity index (χ0v) is 11.6. The maximum atomic E-state index is 12.4. The Balaban J connectivity index is 2.09. The molecule has 1 fully saturated rings. The smallest absolute Gasteiger partial charge is 0.336 e. The van der Waals surface area contributed by atoms with Crippen molar-refractivity contribution in [2.45, 2.75) is 19.8 Å². The molecule has 0 aliphatic carbocycles. The average molecular weight is 293 g/mol. The topological polar surface area (TPSA) is 60.9 Å². The van der Waals surface area contributed by atoms with E-state index in [1.807, 2.05) is 0 Å². The highest BCUT2D eigenvalue weighted by Crippen LogP contribution is 2.37. The van der Waals surface area contributed by atoms with E-state index < -0.39 is 6.03 Å². The van der Waals surface area contributed by atoms with Crippen LogP contribution in [0.3, 0.4) is 0 Å². The second-order valence-electron chi connectivity index (χ2n) is 4.90. The maximum absolute atomic E-state index is 12.4. The van der Waals surface area contributed by atoms with Crippen molar-refractivity contribution in [1.29, 1.82) is 0 Å². The van der Waals surface area contributed by atoms with E-state index in [-0.39, 0.29) is 22.4 Å². The van der Waals surface area contributed by atoms with Crippen LogP contribution in [-0.4, -0.2) is 28.5 Å². The van der Waals surface area contributed by atoms with Gasteiger partial charge in [0.1, 0.15) is 11.4 Å². The maximum Gasteiger partial charge on any atom is 0.336 e.